The molecule has 1 aromatic carbocycles. The monoisotopic (exact) mass is 374 g/mol. The summed E-state index contributed by atoms with van der Waals surface area (Å²) in [5, 5.41) is 3.45. The summed E-state index contributed by atoms with van der Waals surface area (Å²) in [4.78, 5) is 15.3. The molecule has 0 aliphatic carbocycles. The van der Waals surface area contributed by atoms with Crippen molar-refractivity contribution in [2.75, 3.05) is 33.4 Å². The first kappa shape index (κ1) is 20.2. The summed E-state index contributed by atoms with van der Waals surface area (Å²) >= 11 is 0. The standard InChI is InChI=1S/C22H34N2O3/c1-4-27-22(25)21-16(2)24(15-17-5-7-19(26-3)8-6-17)14-11-20(21)18-9-12-23-13-10-18/h5-8,16,18,20-21,23H,4,9-15H2,1-3H3/t16-,20+,21?/m1/s1. The van der Waals surface area contributed by atoms with E-state index in [9.17, 15) is 4.79 Å². The molecule has 0 saturated carbocycles. The highest BCUT2D eigenvalue weighted by Gasteiger charge is 2.44. The summed E-state index contributed by atoms with van der Waals surface area (Å²) in [7, 11) is 1.69. The number of nitrogens with one attached hydrogen (secondary N) is 1. The lowest BCUT2D eigenvalue weighted by molar-refractivity contribution is -0.157. The molecule has 3 atom stereocenters. The highest BCUT2D eigenvalue weighted by Crippen LogP contribution is 2.39. The van der Waals surface area contributed by atoms with E-state index in [1.807, 2.05) is 19.1 Å². The molecule has 0 spiro atoms. The van der Waals surface area contributed by atoms with E-state index in [4.69, 9.17) is 9.47 Å². The number of esters is 1. The second kappa shape index (κ2) is 9.56. The molecule has 150 valence electrons. The van der Waals surface area contributed by atoms with Crippen molar-refractivity contribution in [3.8, 4) is 5.75 Å². The van der Waals surface area contributed by atoms with Gasteiger partial charge in [0.2, 0.25) is 0 Å². The van der Waals surface area contributed by atoms with Gasteiger partial charge < -0.3 is 14.8 Å². The summed E-state index contributed by atoms with van der Waals surface area (Å²) in [5.41, 5.74) is 1.26. The Morgan fingerprint density at radius 2 is 1.89 bits per heavy atom. The third-order valence-corrected chi connectivity index (χ3v) is 6.40. The highest BCUT2D eigenvalue weighted by atomic mass is 16.5. The van der Waals surface area contributed by atoms with Crippen LogP contribution in [0.4, 0.5) is 0 Å². The second-order valence-corrected chi connectivity index (χ2v) is 7.88. The molecule has 1 aromatic rings. The minimum absolute atomic E-state index is 0.00652. The molecule has 2 heterocycles. The molecule has 1 unspecified atom stereocenters. The SMILES string of the molecule is CCOC(=O)C1[C@H](C2CCNCC2)CCN(Cc2ccc(OC)cc2)[C@@H]1C. The zero-order valence-corrected chi connectivity index (χ0v) is 16.9. The Labute approximate surface area is 163 Å². The molecule has 2 saturated heterocycles. The van der Waals surface area contributed by atoms with Crippen LogP contribution in [0, 0.1) is 17.8 Å². The van der Waals surface area contributed by atoms with Crippen LogP contribution < -0.4 is 10.1 Å². The molecular formula is C22H34N2O3. The summed E-state index contributed by atoms with van der Waals surface area (Å²) in [5.74, 6) is 1.91. The number of hydrogen-bond donors (Lipinski definition) is 1. The number of carbonyl (C=O) groups is 1. The highest BCUT2D eigenvalue weighted by molar-refractivity contribution is 5.74. The average molecular weight is 375 g/mol. The maximum absolute atomic E-state index is 12.9. The molecule has 1 N–H and O–H groups in total. The van der Waals surface area contributed by atoms with Gasteiger partial charge in [0.25, 0.3) is 0 Å². The van der Waals surface area contributed by atoms with E-state index in [-0.39, 0.29) is 17.9 Å². The number of carbonyl (C=O) groups excluding carboxylic acids is 1. The molecule has 2 aliphatic rings. The lowest BCUT2D eigenvalue weighted by atomic mass is 9.70. The van der Waals surface area contributed by atoms with Gasteiger partial charge in [0.1, 0.15) is 5.75 Å². The zero-order valence-electron chi connectivity index (χ0n) is 16.9. The second-order valence-electron chi connectivity index (χ2n) is 7.88. The lowest BCUT2D eigenvalue weighted by Gasteiger charge is -2.46. The third-order valence-electron chi connectivity index (χ3n) is 6.40. The molecule has 2 fully saturated rings. The number of likely N-dealkylation sites (tertiary alicyclic amines) is 1. The first-order chi connectivity index (χ1) is 13.1. The van der Waals surface area contributed by atoms with Crippen molar-refractivity contribution in [2.45, 2.75) is 45.7 Å². The first-order valence-corrected chi connectivity index (χ1v) is 10.4. The number of benzene rings is 1. The Hall–Kier alpha value is -1.59. The minimum Gasteiger partial charge on any atom is -0.497 e. The number of hydrogen-bond acceptors (Lipinski definition) is 5. The van der Waals surface area contributed by atoms with Gasteiger partial charge in [-0.2, -0.15) is 0 Å². The molecule has 5 heteroatoms. The average Bonchev–Trinajstić information content (AvgIpc) is 2.70. The van der Waals surface area contributed by atoms with E-state index < -0.39 is 0 Å². The van der Waals surface area contributed by atoms with Gasteiger partial charge in [0, 0.05) is 12.6 Å². The Kier molecular flexibility index (Phi) is 7.13. The number of ether oxygens (including phenoxy) is 2. The van der Waals surface area contributed by atoms with Crippen molar-refractivity contribution in [1.82, 2.24) is 10.2 Å². The van der Waals surface area contributed by atoms with Gasteiger partial charge in [0.05, 0.1) is 19.6 Å². The fourth-order valence-corrected chi connectivity index (χ4v) is 4.88. The Morgan fingerprint density at radius 1 is 1.19 bits per heavy atom. The predicted molar refractivity (Wildman–Crippen MR) is 107 cm³/mol. The van der Waals surface area contributed by atoms with Crippen LogP contribution in [0.25, 0.3) is 0 Å². The molecule has 5 nitrogen and oxygen atoms in total. The van der Waals surface area contributed by atoms with Crippen LogP contribution >= 0.6 is 0 Å². The molecule has 2 aliphatic heterocycles. The number of methoxy groups -OCH3 is 1. The van der Waals surface area contributed by atoms with E-state index >= 15 is 0 Å². The Bertz CT molecular complexity index is 598. The minimum atomic E-state index is -0.0277. The number of piperidine rings is 2. The maximum Gasteiger partial charge on any atom is 0.310 e. The first-order valence-electron chi connectivity index (χ1n) is 10.4. The molecule has 0 bridgehead atoms. The normalized spacial score (nSPS) is 27.3. The molecule has 0 aromatic heterocycles. The van der Waals surface area contributed by atoms with E-state index in [2.05, 4.69) is 29.3 Å². The van der Waals surface area contributed by atoms with Gasteiger partial charge in [-0.25, -0.2) is 0 Å². The van der Waals surface area contributed by atoms with Gasteiger partial charge in [0.15, 0.2) is 0 Å². The van der Waals surface area contributed by atoms with E-state index in [0.29, 0.717) is 18.4 Å². The smallest absolute Gasteiger partial charge is 0.310 e. The van der Waals surface area contributed by atoms with Crippen molar-refractivity contribution in [3.05, 3.63) is 29.8 Å². The van der Waals surface area contributed by atoms with Gasteiger partial charge in [-0.1, -0.05) is 12.1 Å². The van der Waals surface area contributed by atoms with Crippen molar-refractivity contribution < 1.29 is 14.3 Å². The molecule has 27 heavy (non-hydrogen) atoms. The largest absolute Gasteiger partial charge is 0.497 e. The summed E-state index contributed by atoms with van der Waals surface area (Å²) in [6.45, 7) is 8.61. The van der Waals surface area contributed by atoms with Gasteiger partial charge >= 0.3 is 5.97 Å². The lowest BCUT2D eigenvalue weighted by Crippen LogP contribution is -2.53. The van der Waals surface area contributed by atoms with Gasteiger partial charge in [-0.3, -0.25) is 9.69 Å². The van der Waals surface area contributed by atoms with Crippen molar-refractivity contribution in [3.63, 3.8) is 0 Å². The molecule has 0 amide bonds. The molecular weight excluding hydrogens is 340 g/mol. The fourth-order valence-electron chi connectivity index (χ4n) is 4.88. The molecule has 3 rings (SSSR count). The van der Waals surface area contributed by atoms with E-state index in [0.717, 1.165) is 38.3 Å². The Balaban J connectivity index is 1.73. The van der Waals surface area contributed by atoms with E-state index in [1.54, 1.807) is 7.11 Å². The van der Waals surface area contributed by atoms with Crippen LogP contribution in [-0.4, -0.2) is 50.3 Å². The molecule has 0 radical (unpaired) electrons. The van der Waals surface area contributed by atoms with Crippen molar-refractivity contribution >= 4 is 5.97 Å². The number of rotatable bonds is 6. The Morgan fingerprint density at radius 3 is 2.52 bits per heavy atom. The fraction of sp³-hybridized carbons (Fsp3) is 0.682. The van der Waals surface area contributed by atoms with Crippen molar-refractivity contribution in [1.29, 1.82) is 0 Å². The van der Waals surface area contributed by atoms with Crippen LogP contribution in [0.1, 0.15) is 38.7 Å². The predicted octanol–water partition coefficient (Wildman–Crippen LogP) is 3.08. The summed E-state index contributed by atoms with van der Waals surface area (Å²) in [6.07, 6.45) is 3.42. The van der Waals surface area contributed by atoms with Crippen LogP contribution in [-0.2, 0) is 16.1 Å². The van der Waals surface area contributed by atoms with Crippen molar-refractivity contribution in [2.24, 2.45) is 17.8 Å². The van der Waals surface area contributed by atoms with Crippen LogP contribution in [0.2, 0.25) is 0 Å². The van der Waals surface area contributed by atoms with Gasteiger partial charge in [-0.15, -0.1) is 0 Å². The summed E-state index contributed by atoms with van der Waals surface area (Å²) in [6, 6.07) is 8.43. The number of nitrogens with zero attached hydrogens (tertiary/aromatic N) is 1. The maximum atomic E-state index is 12.9. The van der Waals surface area contributed by atoms with Gasteiger partial charge in [-0.05, 0) is 82.3 Å². The summed E-state index contributed by atoms with van der Waals surface area (Å²) < 4.78 is 10.8. The quantitative estimate of drug-likeness (QED) is 0.776. The third kappa shape index (κ3) is 4.82. The zero-order chi connectivity index (χ0) is 19.2. The van der Waals surface area contributed by atoms with Crippen LogP contribution in [0.5, 0.6) is 5.75 Å². The van der Waals surface area contributed by atoms with E-state index in [1.165, 1.54) is 18.4 Å². The van der Waals surface area contributed by atoms with Crippen LogP contribution in [0.3, 0.4) is 0 Å². The van der Waals surface area contributed by atoms with Crippen LogP contribution in [0.15, 0.2) is 24.3 Å². The topological polar surface area (TPSA) is 50.8 Å².